The number of aliphatic imine (C=N–C) groups is 1. The zero-order valence-electron chi connectivity index (χ0n) is 21.9. The van der Waals surface area contributed by atoms with Crippen molar-refractivity contribution in [2.24, 2.45) is 4.99 Å². The molecule has 9 nitrogen and oxygen atoms in total. The van der Waals surface area contributed by atoms with Crippen LogP contribution >= 0.6 is 0 Å². The van der Waals surface area contributed by atoms with Gasteiger partial charge in [0.25, 0.3) is 5.91 Å². The fourth-order valence-corrected chi connectivity index (χ4v) is 6.40. The summed E-state index contributed by atoms with van der Waals surface area (Å²) in [6, 6.07) is 10.7. The van der Waals surface area contributed by atoms with Gasteiger partial charge in [0, 0.05) is 18.7 Å². The van der Waals surface area contributed by atoms with E-state index < -0.39 is 33.8 Å². The van der Waals surface area contributed by atoms with Crippen molar-refractivity contribution in [2.75, 3.05) is 25.4 Å². The summed E-state index contributed by atoms with van der Waals surface area (Å²) in [5.41, 5.74) is 2.14. The molecule has 4 rings (SSSR count). The van der Waals surface area contributed by atoms with E-state index in [0.717, 1.165) is 28.8 Å². The van der Waals surface area contributed by atoms with Crippen LogP contribution < -0.4 is 10.1 Å². The van der Waals surface area contributed by atoms with Crippen molar-refractivity contribution in [3.05, 3.63) is 64.7 Å². The van der Waals surface area contributed by atoms with Crippen molar-refractivity contribution in [2.45, 2.75) is 57.0 Å². The predicted octanol–water partition coefficient (Wildman–Crippen LogP) is 2.46. The van der Waals surface area contributed by atoms with E-state index in [4.69, 9.17) is 5.11 Å². The molecule has 40 heavy (non-hydrogen) atoms. The molecular formula is C27H32F3N3O6S. The SMILES string of the molecule is Cc1cc(CC[C@H](O)CO)ccc1CCS(=O)(=O)N1CCC2(CC1)N=C(c1ccc(OC(F)(F)F)cc1)NC2=O. The van der Waals surface area contributed by atoms with Gasteiger partial charge in [-0.05, 0) is 80.0 Å². The molecule has 0 bridgehead atoms. The van der Waals surface area contributed by atoms with E-state index in [1.54, 1.807) is 0 Å². The van der Waals surface area contributed by atoms with Crippen molar-refractivity contribution in [1.29, 1.82) is 0 Å². The topological polar surface area (TPSA) is 129 Å². The Balaban J connectivity index is 1.34. The van der Waals surface area contributed by atoms with Crippen LogP contribution in [0.4, 0.5) is 13.2 Å². The Morgan fingerprint density at radius 2 is 1.80 bits per heavy atom. The maximum Gasteiger partial charge on any atom is 0.573 e. The summed E-state index contributed by atoms with van der Waals surface area (Å²) in [5.74, 6) is -0.614. The number of rotatable bonds is 10. The molecule has 0 saturated carbocycles. The van der Waals surface area contributed by atoms with E-state index in [1.165, 1.54) is 16.4 Å². The third kappa shape index (κ3) is 7.19. The molecule has 0 unspecified atom stereocenters. The van der Waals surface area contributed by atoms with Crippen molar-refractivity contribution < 1.29 is 41.3 Å². The zero-order chi connectivity index (χ0) is 29.1. The number of nitrogens with one attached hydrogen (secondary N) is 1. The lowest BCUT2D eigenvalue weighted by Crippen LogP contribution is -2.50. The van der Waals surface area contributed by atoms with Crippen LogP contribution in [0.2, 0.25) is 0 Å². The second-order valence-electron chi connectivity index (χ2n) is 10.1. The molecule has 218 valence electrons. The minimum absolute atomic E-state index is 0.0868. The highest BCUT2D eigenvalue weighted by Gasteiger charge is 2.47. The molecular weight excluding hydrogens is 551 g/mol. The van der Waals surface area contributed by atoms with Gasteiger partial charge >= 0.3 is 6.36 Å². The summed E-state index contributed by atoms with van der Waals surface area (Å²) < 4.78 is 68.7. The smallest absolute Gasteiger partial charge is 0.406 e. The van der Waals surface area contributed by atoms with Crippen molar-refractivity contribution in [1.82, 2.24) is 9.62 Å². The summed E-state index contributed by atoms with van der Waals surface area (Å²) in [4.78, 5) is 17.4. The van der Waals surface area contributed by atoms with Gasteiger partial charge < -0.3 is 20.3 Å². The number of sulfonamides is 1. The number of carbonyl (C=O) groups is 1. The highest BCUT2D eigenvalue weighted by molar-refractivity contribution is 7.89. The number of nitrogens with zero attached hydrogens (tertiary/aromatic N) is 2. The molecule has 1 atom stereocenters. The Morgan fingerprint density at radius 1 is 1.12 bits per heavy atom. The van der Waals surface area contributed by atoms with Gasteiger partial charge in [-0.15, -0.1) is 13.2 Å². The number of halogens is 3. The molecule has 2 aromatic carbocycles. The number of amides is 1. The predicted molar refractivity (Wildman–Crippen MR) is 141 cm³/mol. The van der Waals surface area contributed by atoms with Crippen LogP contribution in [0, 0.1) is 6.92 Å². The molecule has 3 N–H and O–H groups in total. The standard InChI is InChI=1S/C27H32F3N3O6S/c1-18-16-19(3-7-22(35)17-34)2-4-20(18)10-15-40(37,38)33-13-11-26(12-14-33)25(36)31-24(32-26)21-5-8-23(9-6-21)39-27(28,29)30/h2,4-6,8-9,16,22,34-35H,3,7,10-15,17H2,1H3,(H,31,32,36)/t22-/m0/s1. The number of piperidine rings is 1. The Hall–Kier alpha value is -3.00. The lowest BCUT2D eigenvalue weighted by molar-refractivity contribution is -0.274. The van der Waals surface area contributed by atoms with Crippen molar-refractivity contribution >= 4 is 21.8 Å². The highest BCUT2D eigenvalue weighted by Crippen LogP contribution is 2.33. The van der Waals surface area contributed by atoms with Gasteiger partial charge in [-0.3, -0.25) is 9.79 Å². The Morgan fingerprint density at radius 3 is 2.40 bits per heavy atom. The quantitative estimate of drug-likeness (QED) is 0.394. The molecule has 1 amide bonds. The van der Waals surface area contributed by atoms with Crippen LogP contribution in [0.15, 0.2) is 47.5 Å². The monoisotopic (exact) mass is 583 g/mol. The maximum absolute atomic E-state index is 13.1. The van der Waals surface area contributed by atoms with E-state index in [-0.39, 0.29) is 50.0 Å². The molecule has 0 aromatic heterocycles. The summed E-state index contributed by atoms with van der Waals surface area (Å²) in [6.07, 6.45) is -3.84. The van der Waals surface area contributed by atoms with Gasteiger partial charge in [0.1, 0.15) is 17.1 Å². The normalized spacial score (nSPS) is 18.4. The average Bonchev–Trinajstić information content (AvgIpc) is 3.21. The van der Waals surface area contributed by atoms with Crippen LogP contribution in [-0.4, -0.2) is 78.1 Å². The van der Waals surface area contributed by atoms with Crippen LogP contribution in [0.3, 0.4) is 0 Å². The summed E-state index contributed by atoms with van der Waals surface area (Å²) in [5, 5.41) is 21.2. The molecule has 13 heteroatoms. The molecule has 2 heterocycles. The van der Waals surface area contributed by atoms with Crippen molar-refractivity contribution in [3.8, 4) is 5.75 Å². The molecule has 2 aromatic rings. The third-order valence-corrected chi connectivity index (χ3v) is 9.17. The number of aliphatic hydroxyl groups excluding tert-OH is 2. The first-order valence-electron chi connectivity index (χ1n) is 12.9. The second-order valence-corrected chi connectivity index (χ2v) is 12.2. The molecule has 0 aliphatic carbocycles. The van der Waals surface area contributed by atoms with Crippen LogP contribution in [0.5, 0.6) is 5.75 Å². The maximum atomic E-state index is 13.1. The second kappa shape index (κ2) is 11.9. The molecule has 1 fully saturated rings. The van der Waals surface area contributed by atoms with E-state index in [1.807, 2.05) is 25.1 Å². The Labute approximate surface area is 230 Å². The first-order chi connectivity index (χ1) is 18.8. The Kier molecular flexibility index (Phi) is 8.88. The minimum Gasteiger partial charge on any atom is -0.406 e. The molecule has 2 aliphatic heterocycles. The number of hydrogen-bond donors (Lipinski definition) is 3. The number of ether oxygens (including phenoxy) is 1. The van der Waals surface area contributed by atoms with Crippen LogP contribution in [0.25, 0.3) is 0 Å². The largest absolute Gasteiger partial charge is 0.573 e. The number of aryl methyl sites for hydroxylation is 3. The third-order valence-electron chi connectivity index (χ3n) is 7.30. The average molecular weight is 584 g/mol. The van der Waals surface area contributed by atoms with E-state index in [2.05, 4.69) is 15.0 Å². The van der Waals surface area contributed by atoms with Gasteiger partial charge in [0.05, 0.1) is 18.5 Å². The molecule has 1 spiro atoms. The summed E-state index contributed by atoms with van der Waals surface area (Å²) >= 11 is 0. The number of carbonyl (C=O) groups excluding carboxylic acids is 1. The van der Waals surface area contributed by atoms with E-state index >= 15 is 0 Å². The molecule has 2 aliphatic rings. The van der Waals surface area contributed by atoms with Gasteiger partial charge in [0.15, 0.2) is 0 Å². The summed E-state index contributed by atoms with van der Waals surface area (Å²) in [6.45, 7) is 1.86. The Bertz CT molecular complexity index is 1350. The first kappa shape index (κ1) is 30.0. The highest BCUT2D eigenvalue weighted by atomic mass is 32.2. The van der Waals surface area contributed by atoms with Crippen molar-refractivity contribution in [3.63, 3.8) is 0 Å². The van der Waals surface area contributed by atoms with Gasteiger partial charge in [-0.2, -0.15) is 0 Å². The summed E-state index contributed by atoms with van der Waals surface area (Å²) in [7, 11) is -3.60. The number of hydrogen-bond acceptors (Lipinski definition) is 7. The molecule has 0 radical (unpaired) electrons. The number of alkyl halides is 3. The fraction of sp³-hybridized carbons (Fsp3) is 0.481. The van der Waals surface area contributed by atoms with Gasteiger partial charge in [-0.25, -0.2) is 12.7 Å². The lowest BCUT2D eigenvalue weighted by atomic mass is 9.89. The number of benzene rings is 2. The zero-order valence-corrected chi connectivity index (χ0v) is 22.8. The van der Waals surface area contributed by atoms with Crippen LogP contribution in [0.1, 0.15) is 41.5 Å². The fourth-order valence-electron chi connectivity index (χ4n) is 4.93. The minimum atomic E-state index is -4.81. The number of aliphatic hydroxyl groups is 2. The lowest BCUT2D eigenvalue weighted by Gasteiger charge is -2.34. The molecule has 1 saturated heterocycles. The number of amidine groups is 1. The van der Waals surface area contributed by atoms with Crippen LogP contribution in [-0.2, 0) is 27.7 Å². The first-order valence-corrected chi connectivity index (χ1v) is 14.5. The van der Waals surface area contributed by atoms with E-state index in [9.17, 15) is 31.5 Å². The van der Waals surface area contributed by atoms with Gasteiger partial charge in [0.2, 0.25) is 10.0 Å². The van der Waals surface area contributed by atoms with Gasteiger partial charge in [-0.1, -0.05) is 18.2 Å². The van der Waals surface area contributed by atoms with E-state index in [0.29, 0.717) is 24.8 Å².